The topological polar surface area (TPSA) is 18.5 Å². The normalized spacial score (nSPS) is 15.8. The van der Waals surface area contributed by atoms with Gasteiger partial charge in [0, 0.05) is 18.8 Å². The van der Waals surface area contributed by atoms with Gasteiger partial charge in [-0.25, -0.2) is 0 Å². The lowest BCUT2D eigenvalue weighted by molar-refractivity contribution is -0.198. The molecule has 0 aliphatic rings. The Bertz CT molecular complexity index is 469. The van der Waals surface area contributed by atoms with Gasteiger partial charge >= 0.3 is 0 Å². The van der Waals surface area contributed by atoms with E-state index in [0.717, 1.165) is 5.56 Å². The molecule has 0 saturated carbocycles. The summed E-state index contributed by atoms with van der Waals surface area (Å²) >= 11 is 24.7. The zero-order valence-corrected chi connectivity index (χ0v) is 18.3. The first kappa shape index (κ1) is 20.6. The average molecular weight is 404 g/mol. The molecular weight excluding hydrogens is 382 g/mol. The summed E-state index contributed by atoms with van der Waals surface area (Å²) in [5.41, 5.74) is 0.684. The van der Waals surface area contributed by atoms with Crippen molar-refractivity contribution in [2.75, 3.05) is 13.2 Å². The molecule has 7 heteroatoms. The summed E-state index contributed by atoms with van der Waals surface area (Å²) in [6, 6.07) is 7.29. The minimum absolute atomic E-state index is 0.532. The van der Waals surface area contributed by atoms with Crippen LogP contribution in [0.5, 0.6) is 0 Å². The van der Waals surface area contributed by atoms with Crippen molar-refractivity contribution in [1.82, 2.24) is 0 Å². The highest BCUT2D eigenvalue weighted by Gasteiger charge is 2.48. The summed E-state index contributed by atoms with van der Waals surface area (Å²) < 4.78 is 10.4. The van der Waals surface area contributed by atoms with Gasteiger partial charge in [-0.15, -0.1) is 11.6 Å². The monoisotopic (exact) mass is 402 g/mol. The molecule has 0 spiro atoms. The molecule has 1 atom stereocenters. The molecule has 126 valence electrons. The molecule has 0 aromatic heterocycles. The summed E-state index contributed by atoms with van der Waals surface area (Å²) in [7, 11) is 0.625. The third-order valence-corrected chi connectivity index (χ3v) is 6.95. The minimum atomic E-state index is -1.45. The molecule has 22 heavy (non-hydrogen) atoms. The van der Waals surface area contributed by atoms with Crippen LogP contribution in [0.1, 0.15) is 38.3 Å². The predicted molar refractivity (Wildman–Crippen MR) is 99.4 cm³/mol. The van der Waals surface area contributed by atoms with Crippen LogP contribution in [-0.2, 0) is 18.1 Å². The minimum Gasteiger partial charge on any atom is -0.353 e. The van der Waals surface area contributed by atoms with Crippen LogP contribution in [0.2, 0.25) is 0 Å². The van der Waals surface area contributed by atoms with Crippen molar-refractivity contribution in [2.45, 2.75) is 41.3 Å². The molecular formula is C15H22Cl4O2Si. The van der Waals surface area contributed by atoms with E-state index >= 15 is 0 Å². The van der Waals surface area contributed by atoms with Gasteiger partial charge in [-0.05, 0) is 25.8 Å². The maximum atomic E-state index is 6.97. The number of rotatable bonds is 7. The number of benzene rings is 1. The second kappa shape index (κ2) is 8.06. The lowest BCUT2D eigenvalue weighted by Gasteiger charge is -2.44. The number of halogens is 4. The SMILES string of the molecule is CCOC([SiH3])(OCC)C(Cl)(CC)c1ccc(C(Cl)(Cl)Cl)cc1. The molecule has 0 fully saturated rings. The third kappa shape index (κ3) is 4.32. The number of hydrogen-bond acceptors (Lipinski definition) is 2. The maximum Gasteiger partial charge on any atom is 0.216 e. The van der Waals surface area contributed by atoms with E-state index < -0.39 is 14.1 Å². The second-order valence-electron chi connectivity index (χ2n) is 5.04. The fourth-order valence-corrected chi connectivity index (χ4v) is 4.36. The van der Waals surface area contributed by atoms with Crippen molar-refractivity contribution in [3.05, 3.63) is 35.4 Å². The Morgan fingerprint density at radius 3 is 1.59 bits per heavy atom. The fourth-order valence-electron chi connectivity index (χ4n) is 2.53. The summed E-state index contributed by atoms with van der Waals surface area (Å²) in [6.45, 7) is 6.95. The maximum absolute atomic E-state index is 6.97. The van der Waals surface area contributed by atoms with E-state index in [1.165, 1.54) is 0 Å². The fraction of sp³-hybridized carbons (Fsp3) is 0.600. The zero-order valence-electron chi connectivity index (χ0n) is 13.3. The molecule has 0 N–H and O–H groups in total. The van der Waals surface area contributed by atoms with E-state index in [9.17, 15) is 0 Å². The molecule has 1 unspecified atom stereocenters. The largest absolute Gasteiger partial charge is 0.353 e. The van der Waals surface area contributed by atoms with Crippen molar-refractivity contribution < 1.29 is 9.47 Å². The first-order chi connectivity index (χ1) is 10.1. The molecule has 2 nitrogen and oxygen atoms in total. The summed E-state index contributed by atoms with van der Waals surface area (Å²) in [5.74, 6) is 0. The van der Waals surface area contributed by atoms with E-state index in [2.05, 4.69) is 0 Å². The van der Waals surface area contributed by atoms with Gasteiger partial charge in [0.2, 0.25) is 3.79 Å². The molecule has 0 radical (unpaired) electrons. The van der Waals surface area contributed by atoms with E-state index in [4.69, 9.17) is 55.9 Å². The first-order valence-electron chi connectivity index (χ1n) is 7.29. The molecule has 1 rings (SSSR count). The van der Waals surface area contributed by atoms with Crippen molar-refractivity contribution in [1.29, 1.82) is 0 Å². The molecule has 1 aromatic carbocycles. The van der Waals surface area contributed by atoms with Crippen LogP contribution in [-0.4, -0.2) is 28.9 Å². The Morgan fingerprint density at radius 2 is 1.27 bits per heavy atom. The third-order valence-electron chi connectivity index (χ3n) is 3.72. The van der Waals surface area contributed by atoms with Gasteiger partial charge < -0.3 is 9.47 Å². The standard InChI is InChI=1S/C15H22Cl4O2Si/c1-4-13(16,15(22,20-5-2)21-6-3)11-7-9-12(10-8-11)14(17,18)19/h7-10H,4-6H2,1-3,22H3. The summed E-state index contributed by atoms with van der Waals surface area (Å²) in [5, 5.41) is 0. The highest BCUT2D eigenvalue weighted by Crippen LogP contribution is 2.45. The van der Waals surface area contributed by atoms with Crippen LogP contribution in [0.3, 0.4) is 0 Å². The van der Waals surface area contributed by atoms with Crippen molar-refractivity contribution in [3.63, 3.8) is 0 Å². The van der Waals surface area contributed by atoms with E-state index in [-0.39, 0.29) is 0 Å². The second-order valence-corrected chi connectivity index (χ2v) is 9.28. The smallest absolute Gasteiger partial charge is 0.216 e. The Hall–Kier alpha value is 0.517. The van der Waals surface area contributed by atoms with Crippen LogP contribution in [0.4, 0.5) is 0 Å². The lowest BCUT2D eigenvalue weighted by Crippen LogP contribution is -2.53. The van der Waals surface area contributed by atoms with Crippen LogP contribution in [0.25, 0.3) is 0 Å². The molecule has 0 aliphatic carbocycles. The molecule has 1 aromatic rings. The summed E-state index contributed by atoms with van der Waals surface area (Å²) in [6.07, 6.45) is 0.658. The molecule has 0 heterocycles. The van der Waals surface area contributed by atoms with Crippen LogP contribution in [0, 0.1) is 0 Å². The van der Waals surface area contributed by atoms with Crippen molar-refractivity contribution in [2.24, 2.45) is 0 Å². The van der Waals surface area contributed by atoms with Crippen LogP contribution < -0.4 is 0 Å². The van der Waals surface area contributed by atoms with Crippen LogP contribution in [0.15, 0.2) is 24.3 Å². The van der Waals surface area contributed by atoms with Gasteiger partial charge in [-0.1, -0.05) is 66.0 Å². The Kier molecular flexibility index (Phi) is 7.54. The van der Waals surface area contributed by atoms with Gasteiger partial charge in [0.05, 0.1) is 10.2 Å². The van der Waals surface area contributed by atoms with Gasteiger partial charge in [0.1, 0.15) is 4.87 Å². The number of alkyl halides is 4. The molecule has 0 bridgehead atoms. The van der Waals surface area contributed by atoms with Crippen molar-refractivity contribution >= 4 is 56.6 Å². The number of hydrogen-bond donors (Lipinski definition) is 0. The molecule has 0 aliphatic heterocycles. The predicted octanol–water partition coefficient (Wildman–Crippen LogP) is 4.45. The Labute approximate surface area is 155 Å². The van der Waals surface area contributed by atoms with E-state index in [0.29, 0.717) is 35.4 Å². The van der Waals surface area contributed by atoms with E-state index in [1.54, 1.807) is 12.1 Å². The summed E-state index contributed by atoms with van der Waals surface area (Å²) in [4.78, 5) is -0.780. The zero-order chi connectivity index (χ0) is 17.0. The van der Waals surface area contributed by atoms with Gasteiger partial charge in [-0.3, -0.25) is 0 Å². The van der Waals surface area contributed by atoms with Crippen molar-refractivity contribution in [3.8, 4) is 0 Å². The van der Waals surface area contributed by atoms with Gasteiger partial charge in [-0.2, -0.15) is 0 Å². The quantitative estimate of drug-likeness (QED) is 0.380. The first-order valence-corrected chi connectivity index (χ1v) is 9.80. The highest BCUT2D eigenvalue weighted by atomic mass is 35.6. The highest BCUT2D eigenvalue weighted by molar-refractivity contribution is 6.66. The lowest BCUT2D eigenvalue weighted by atomic mass is 9.93. The van der Waals surface area contributed by atoms with Crippen LogP contribution >= 0.6 is 46.4 Å². The molecule has 0 amide bonds. The van der Waals surface area contributed by atoms with Gasteiger partial charge in [0.15, 0.2) is 5.41 Å². The van der Waals surface area contributed by atoms with Gasteiger partial charge in [0.25, 0.3) is 0 Å². The number of ether oxygens (including phenoxy) is 2. The molecule has 0 saturated heterocycles. The average Bonchev–Trinajstić information content (AvgIpc) is 2.46. The Morgan fingerprint density at radius 1 is 0.864 bits per heavy atom. The van der Waals surface area contributed by atoms with E-state index in [1.807, 2.05) is 32.9 Å². The Balaban J connectivity index is 3.26.